The van der Waals surface area contributed by atoms with E-state index in [0.717, 1.165) is 18.6 Å². The van der Waals surface area contributed by atoms with E-state index in [2.05, 4.69) is 10.5 Å². The molecule has 104 valence electrons. The average molecular weight is 273 g/mol. The zero-order chi connectivity index (χ0) is 14.1. The van der Waals surface area contributed by atoms with Gasteiger partial charge < -0.3 is 20.3 Å². The minimum Gasteiger partial charge on any atom is -0.495 e. The van der Waals surface area contributed by atoms with Crippen LogP contribution in [0.25, 0.3) is 0 Å². The summed E-state index contributed by atoms with van der Waals surface area (Å²) in [6, 6.07) is 6.75. The highest BCUT2D eigenvalue weighted by molar-refractivity contribution is 6.03. The third kappa shape index (κ3) is 2.45. The molecule has 3 N–H and O–H groups in total. The quantitative estimate of drug-likeness (QED) is 0.835. The first kappa shape index (κ1) is 12.5. The van der Waals surface area contributed by atoms with Crippen LogP contribution in [0.2, 0.25) is 0 Å². The molecule has 2 aromatic rings. The average Bonchev–Trinajstić information content (AvgIpc) is 3.16. The van der Waals surface area contributed by atoms with Crippen molar-refractivity contribution in [1.82, 2.24) is 5.16 Å². The second-order valence-corrected chi connectivity index (χ2v) is 4.80. The number of hydrogen-bond acceptors (Lipinski definition) is 5. The highest BCUT2D eigenvalue weighted by atomic mass is 16.5. The van der Waals surface area contributed by atoms with E-state index in [1.807, 2.05) is 0 Å². The Bertz CT molecular complexity index is 647. The number of ether oxygens (including phenoxy) is 1. The Kier molecular flexibility index (Phi) is 3.06. The van der Waals surface area contributed by atoms with Crippen LogP contribution in [0.5, 0.6) is 5.75 Å². The molecular weight excluding hydrogens is 258 g/mol. The first-order valence-corrected chi connectivity index (χ1v) is 6.39. The Labute approximate surface area is 115 Å². The van der Waals surface area contributed by atoms with Gasteiger partial charge in [-0.2, -0.15) is 0 Å². The number of nitrogens with one attached hydrogen (secondary N) is 1. The van der Waals surface area contributed by atoms with Gasteiger partial charge in [0.2, 0.25) is 0 Å². The number of carbonyl (C=O) groups is 1. The number of carbonyl (C=O) groups excluding carboxylic acids is 1. The van der Waals surface area contributed by atoms with Gasteiger partial charge in [0, 0.05) is 17.7 Å². The third-order valence-corrected chi connectivity index (χ3v) is 3.23. The molecule has 0 radical (unpaired) electrons. The molecule has 1 heterocycles. The summed E-state index contributed by atoms with van der Waals surface area (Å²) in [6.45, 7) is 0. The van der Waals surface area contributed by atoms with Crippen molar-refractivity contribution in [3.05, 3.63) is 35.7 Å². The first-order valence-electron chi connectivity index (χ1n) is 6.39. The minimum atomic E-state index is -0.315. The van der Waals surface area contributed by atoms with Gasteiger partial charge in [0.25, 0.3) is 5.91 Å². The summed E-state index contributed by atoms with van der Waals surface area (Å²) in [5.74, 6) is 1.47. The van der Waals surface area contributed by atoms with E-state index in [1.165, 1.54) is 0 Å². The Morgan fingerprint density at radius 3 is 2.90 bits per heavy atom. The van der Waals surface area contributed by atoms with E-state index in [4.69, 9.17) is 15.0 Å². The lowest BCUT2D eigenvalue weighted by Gasteiger charge is -2.07. The summed E-state index contributed by atoms with van der Waals surface area (Å²) in [7, 11) is 1.54. The maximum Gasteiger partial charge on any atom is 0.277 e. The number of amides is 1. The number of nitrogens with zero attached hydrogens (tertiary/aromatic N) is 1. The van der Waals surface area contributed by atoms with Crippen molar-refractivity contribution in [2.24, 2.45) is 0 Å². The summed E-state index contributed by atoms with van der Waals surface area (Å²) in [5, 5.41) is 6.51. The smallest absolute Gasteiger partial charge is 0.277 e. The topological polar surface area (TPSA) is 90.4 Å². The van der Waals surface area contributed by atoms with Crippen molar-refractivity contribution in [2.45, 2.75) is 18.8 Å². The lowest BCUT2D eigenvalue weighted by atomic mass is 10.2. The number of benzene rings is 1. The van der Waals surface area contributed by atoms with Gasteiger partial charge in [-0.05, 0) is 31.0 Å². The molecule has 0 aliphatic heterocycles. The molecule has 1 aliphatic rings. The highest BCUT2D eigenvalue weighted by Gasteiger charge is 2.28. The van der Waals surface area contributed by atoms with Crippen LogP contribution in [0.1, 0.15) is 35.0 Å². The molecule has 0 spiro atoms. The SMILES string of the molecule is COc1ccc(NC(=O)c2cc(C3CC3)on2)cc1N. The number of hydrogen-bond donors (Lipinski definition) is 2. The first-order chi connectivity index (χ1) is 9.67. The molecule has 0 saturated heterocycles. The van der Waals surface area contributed by atoms with Gasteiger partial charge in [-0.1, -0.05) is 5.16 Å². The zero-order valence-electron chi connectivity index (χ0n) is 11.1. The summed E-state index contributed by atoms with van der Waals surface area (Å²) < 4.78 is 10.2. The van der Waals surface area contributed by atoms with Gasteiger partial charge in [0.05, 0.1) is 12.8 Å². The predicted molar refractivity (Wildman–Crippen MR) is 73.8 cm³/mol. The molecule has 0 atom stereocenters. The van der Waals surface area contributed by atoms with E-state index in [0.29, 0.717) is 23.0 Å². The fourth-order valence-corrected chi connectivity index (χ4v) is 1.96. The molecule has 0 bridgehead atoms. The van der Waals surface area contributed by atoms with Crippen molar-refractivity contribution >= 4 is 17.3 Å². The summed E-state index contributed by atoms with van der Waals surface area (Å²) in [5.41, 5.74) is 7.12. The van der Waals surface area contributed by atoms with E-state index in [1.54, 1.807) is 31.4 Å². The van der Waals surface area contributed by atoms with Crippen molar-refractivity contribution in [2.75, 3.05) is 18.2 Å². The second kappa shape index (κ2) is 4.88. The van der Waals surface area contributed by atoms with Crippen LogP contribution in [0.3, 0.4) is 0 Å². The molecule has 1 aliphatic carbocycles. The predicted octanol–water partition coefficient (Wildman–Crippen LogP) is 2.40. The third-order valence-electron chi connectivity index (χ3n) is 3.23. The van der Waals surface area contributed by atoms with Gasteiger partial charge in [-0.25, -0.2) is 0 Å². The van der Waals surface area contributed by atoms with Crippen molar-refractivity contribution < 1.29 is 14.1 Å². The number of anilines is 2. The summed E-state index contributed by atoms with van der Waals surface area (Å²) in [4.78, 5) is 12.0. The monoisotopic (exact) mass is 273 g/mol. The molecule has 3 rings (SSSR count). The van der Waals surface area contributed by atoms with E-state index in [9.17, 15) is 4.79 Å². The van der Waals surface area contributed by atoms with Crippen LogP contribution >= 0.6 is 0 Å². The van der Waals surface area contributed by atoms with Gasteiger partial charge in [-0.3, -0.25) is 4.79 Å². The molecule has 6 heteroatoms. The highest BCUT2D eigenvalue weighted by Crippen LogP contribution is 2.40. The summed E-state index contributed by atoms with van der Waals surface area (Å²) in [6.07, 6.45) is 2.20. The number of nitrogens with two attached hydrogens (primary N) is 1. The molecule has 1 fully saturated rings. The van der Waals surface area contributed by atoms with Crippen molar-refractivity contribution in [3.8, 4) is 5.75 Å². The van der Waals surface area contributed by atoms with Gasteiger partial charge >= 0.3 is 0 Å². The lowest BCUT2D eigenvalue weighted by Crippen LogP contribution is -2.12. The van der Waals surface area contributed by atoms with Crippen LogP contribution < -0.4 is 15.8 Å². The minimum absolute atomic E-state index is 0.279. The fourth-order valence-electron chi connectivity index (χ4n) is 1.96. The van der Waals surface area contributed by atoms with E-state index < -0.39 is 0 Å². The van der Waals surface area contributed by atoms with Crippen LogP contribution in [0, 0.1) is 0 Å². The van der Waals surface area contributed by atoms with Crippen LogP contribution in [-0.4, -0.2) is 18.2 Å². The second-order valence-electron chi connectivity index (χ2n) is 4.80. The number of nitrogen functional groups attached to an aromatic ring is 1. The number of methoxy groups -OCH3 is 1. The van der Waals surface area contributed by atoms with E-state index in [-0.39, 0.29) is 11.6 Å². The van der Waals surface area contributed by atoms with Crippen molar-refractivity contribution in [1.29, 1.82) is 0 Å². The fraction of sp³-hybridized carbons (Fsp3) is 0.286. The Hall–Kier alpha value is -2.50. The zero-order valence-corrected chi connectivity index (χ0v) is 11.1. The molecule has 1 aromatic heterocycles. The van der Waals surface area contributed by atoms with Crippen LogP contribution in [0.4, 0.5) is 11.4 Å². The Morgan fingerprint density at radius 1 is 1.45 bits per heavy atom. The number of rotatable bonds is 4. The molecule has 20 heavy (non-hydrogen) atoms. The number of aromatic nitrogens is 1. The maximum atomic E-state index is 12.0. The molecule has 1 aromatic carbocycles. The Morgan fingerprint density at radius 2 is 2.25 bits per heavy atom. The van der Waals surface area contributed by atoms with E-state index >= 15 is 0 Å². The molecule has 6 nitrogen and oxygen atoms in total. The van der Waals surface area contributed by atoms with Crippen LogP contribution in [0.15, 0.2) is 28.8 Å². The lowest BCUT2D eigenvalue weighted by molar-refractivity contribution is 0.101. The van der Waals surface area contributed by atoms with Gasteiger partial charge in [0.1, 0.15) is 11.5 Å². The Balaban J connectivity index is 1.72. The maximum absolute atomic E-state index is 12.0. The van der Waals surface area contributed by atoms with Crippen molar-refractivity contribution in [3.63, 3.8) is 0 Å². The standard InChI is InChI=1S/C14H15N3O3/c1-19-12-5-4-9(6-10(12)15)16-14(18)11-7-13(20-17-11)8-2-3-8/h4-8H,2-3,15H2,1H3,(H,16,18). The van der Waals surface area contributed by atoms with Gasteiger partial charge in [-0.15, -0.1) is 0 Å². The van der Waals surface area contributed by atoms with Crippen LogP contribution in [-0.2, 0) is 0 Å². The summed E-state index contributed by atoms with van der Waals surface area (Å²) >= 11 is 0. The normalized spacial score (nSPS) is 14.1. The molecule has 0 unspecified atom stereocenters. The molecule has 1 saturated carbocycles. The van der Waals surface area contributed by atoms with Gasteiger partial charge in [0.15, 0.2) is 5.69 Å². The molecule has 1 amide bonds. The molecular formula is C14H15N3O3. The largest absolute Gasteiger partial charge is 0.495 e.